The van der Waals surface area contributed by atoms with Crippen molar-refractivity contribution in [2.24, 2.45) is 0 Å². The SMILES string of the molecule is C[N+](=O)c1ccc(CSc2ccc(Cl)cc2NS(=O)(=O)c2cc3ccccc3o2)cc1. The van der Waals surface area contributed by atoms with Crippen molar-refractivity contribution in [2.45, 2.75) is 15.7 Å². The number of halogens is 1. The summed E-state index contributed by atoms with van der Waals surface area (Å²) in [5.41, 5.74) is 2.43. The summed E-state index contributed by atoms with van der Waals surface area (Å²) in [6.45, 7) is 0. The predicted molar refractivity (Wildman–Crippen MR) is 124 cm³/mol. The highest BCUT2D eigenvalue weighted by molar-refractivity contribution is 7.98. The summed E-state index contributed by atoms with van der Waals surface area (Å²) >= 11 is 7.57. The number of sulfonamides is 1. The van der Waals surface area contributed by atoms with E-state index in [1.165, 1.54) is 24.9 Å². The number of para-hydroxylation sites is 1. The lowest BCUT2D eigenvalue weighted by Crippen LogP contribution is -2.12. The summed E-state index contributed by atoms with van der Waals surface area (Å²) in [7, 11) is -2.50. The molecule has 1 heterocycles. The number of benzene rings is 3. The van der Waals surface area contributed by atoms with E-state index in [4.69, 9.17) is 16.0 Å². The third kappa shape index (κ3) is 4.92. The first kappa shape index (κ1) is 21.4. The number of hydrogen-bond acceptors (Lipinski definition) is 5. The lowest BCUT2D eigenvalue weighted by Gasteiger charge is -2.12. The summed E-state index contributed by atoms with van der Waals surface area (Å²) < 4.78 is 34.7. The second kappa shape index (κ2) is 8.74. The largest absolute Gasteiger partial charge is 0.443 e. The van der Waals surface area contributed by atoms with Crippen LogP contribution in [0.15, 0.2) is 87.2 Å². The Labute approximate surface area is 188 Å². The van der Waals surface area contributed by atoms with Crippen molar-refractivity contribution < 1.29 is 17.6 Å². The van der Waals surface area contributed by atoms with Gasteiger partial charge < -0.3 is 4.42 Å². The number of fused-ring (bicyclic) bond motifs is 1. The van der Waals surface area contributed by atoms with Gasteiger partial charge in [-0.2, -0.15) is 8.42 Å². The molecule has 0 aliphatic carbocycles. The molecule has 3 aromatic carbocycles. The van der Waals surface area contributed by atoms with Gasteiger partial charge in [0, 0.05) is 48.9 Å². The molecule has 158 valence electrons. The normalized spacial score (nSPS) is 11.5. The van der Waals surface area contributed by atoms with Crippen molar-refractivity contribution in [3.05, 3.63) is 88.3 Å². The third-order valence-electron chi connectivity index (χ3n) is 4.55. The maximum absolute atomic E-state index is 12.9. The molecule has 0 spiro atoms. The van der Waals surface area contributed by atoms with Crippen LogP contribution in [0.1, 0.15) is 5.56 Å². The van der Waals surface area contributed by atoms with Gasteiger partial charge in [0.15, 0.2) is 7.05 Å². The van der Waals surface area contributed by atoms with Gasteiger partial charge in [-0.3, -0.25) is 4.72 Å². The maximum atomic E-state index is 12.9. The first-order valence-corrected chi connectivity index (χ1v) is 12.1. The molecule has 0 saturated heterocycles. The molecular weight excluding hydrogens is 456 g/mol. The van der Waals surface area contributed by atoms with Crippen LogP contribution < -0.4 is 4.72 Å². The lowest BCUT2D eigenvalue weighted by molar-refractivity contribution is -0.428. The third-order valence-corrected chi connectivity index (χ3v) is 7.15. The number of hydrogen-bond donors (Lipinski definition) is 1. The van der Waals surface area contributed by atoms with Crippen LogP contribution in [0.3, 0.4) is 0 Å². The van der Waals surface area contributed by atoms with E-state index in [0.29, 0.717) is 38.0 Å². The van der Waals surface area contributed by atoms with Gasteiger partial charge in [-0.15, -0.1) is 11.8 Å². The van der Waals surface area contributed by atoms with Gasteiger partial charge in [-0.05, 0) is 29.8 Å². The van der Waals surface area contributed by atoms with Gasteiger partial charge in [-0.1, -0.05) is 41.9 Å². The fraction of sp³-hybridized carbons (Fsp3) is 0.0909. The molecule has 6 nitrogen and oxygen atoms in total. The van der Waals surface area contributed by atoms with E-state index in [-0.39, 0.29) is 5.09 Å². The van der Waals surface area contributed by atoms with Gasteiger partial charge in [0.25, 0.3) is 15.7 Å². The Balaban J connectivity index is 1.56. The van der Waals surface area contributed by atoms with E-state index in [0.717, 1.165) is 10.3 Å². The second-order valence-corrected chi connectivity index (χ2v) is 9.87. The zero-order chi connectivity index (χ0) is 22.0. The van der Waals surface area contributed by atoms with Gasteiger partial charge >= 0.3 is 0 Å². The maximum Gasteiger partial charge on any atom is 0.295 e. The first-order valence-electron chi connectivity index (χ1n) is 9.25. The van der Waals surface area contributed by atoms with E-state index in [1.807, 2.05) is 18.2 Å². The highest BCUT2D eigenvalue weighted by Gasteiger charge is 2.21. The molecule has 4 aromatic rings. The fourth-order valence-electron chi connectivity index (χ4n) is 2.96. The van der Waals surface area contributed by atoms with E-state index in [1.54, 1.807) is 48.5 Å². The van der Waals surface area contributed by atoms with E-state index < -0.39 is 10.0 Å². The Morgan fingerprint density at radius 3 is 2.48 bits per heavy atom. The molecule has 0 aliphatic heterocycles. The number of furan rings is 1. The van der Waals surface area contributed by atoms with Crippen molar-refractivity contribution in [1.29, 1.82) is 0 Å². The van der Waals surface area contributed by atoms with Gasteiger partial charge in [-0.25, -0.2) is 0 Å². The van der Waals surface area contributed by atoms with E-state index >= 15 is 0 Å². The number of rotatable bonds is 7. The smallest absolute Gasteiger partial charge is 0.295 e. The van der Waals surface area contributed by atoms with Crippen LogP contribution in [-0.2, 0) is 15.8 Å². The molecule has 4 rings (SSSR count). The van der Waals surface area contributed by atoms with Crippen LogP contribution in [0.2, 0.25) is 5.02 Å². The lowest BCUT2D eigenvalue weighted by atomic mass is 10.2. The topological polar surface area (TPSA) is 79.4 Å². The highest BCUT2D eigenvalue weighted by Crippen LogP contribution is 2.34. The summed E-state index contributed by atoms with van der Waals surface area (Å²) in [4.78, 5) is 12.1. The van der Waals surface area contributed by atoms with Gasteiger partial charge in [0.2, 0.25) is 5.09 Å². The minimum absolute atomic E-state index is 0.165. The van der Waals surface area contributed by atoms with Crippen molar-refractivity contribution in [2.75, 3.05) is 11.8 Å². The Morgan fingerprint density at radius 1 is 1.03 bits per heavy atom. The van der Waals surface area contributed by atoms with Crippen molar-refractivity contribution in [1.82, 2.24) is 0 Å². The summed E-state index contributed by atoms with van der Waals surface area (Å²) in [6, 6.07) is 20.9. The van der Waals surface area contributed by atoms with Crippen LogP contribution in [0, 0.1) is 4.91 Å². The molecule has 9 heteroatoms. The second-order valence-electron chi connectivity index (χ2n) is 6.80. The predicted octanol–water partition coefficient (Wildman–Crippen LogP) is 6.22. The molecule has 0 aliphatic rings. The number of thioether (sulfide) groups is 1. The van der Waals surface area contributed by atoms with Crippen LogP contribution in [0.4, 0.5) is 11.4 Å². The van der Waals surface area contributed by atoms with Crippen LogP contribution in [-0.4, -0.2) is 20.2 Å². The zero-order valence-corrected chi connectivity index (χ0v) is 18.8. The minimum atomic E-state index is -3.94. The van der Waals surface area contributed by atoms with Crippen LogP contribution in [0.5, 0.6) is 0 Å². The van der Waals surface area contributed by atoms with E-state index in [9.17, 15) is 13.3 Å². The Kier molecular flexibility index (Phi) is 6.04. The molecular formula is C22H18ClN2O4S2+. The molecule has 0 atom stereocenters. The monoisotopic (exact) mass is 473 g/mol. The zero-order valence-electron chi connectivity index (χ0n) is 16.4. The molecule has 0 fully saturated rings. The molecule has 1 N–H and O–H groups in total. The van der Waals surface area contributed by atoms with Crippen LogP contribution >= 0.6 is 23.4 Å². The van der Waals surface area contributed by atoms with Gasteiger partial charge in [0.05, 0.1) is 5.69 Å². The summed E-state index contributed by atoms with van der Waals surface area (Å²) in [6.07, 6.45) is 0. The summed E-state index contributed by atoms with van der Waals surface area (Å²) in [5, 5.41) is 0.951. The molecule has 0 bridgehead atoms. The Morgan fingerprint density at radius 2 is 1.77 bits per heavy atom. The first-order chi connectivity index (χ1) is 14.8. The Hall–Kier alpha value is -2.81. The molecule has 1 aromatic heterocycles. The minimum Gasteiger partial charge on any atom is -0.443 e. The molecule has 0 radical (unpaired) electrons. The van der Waals surface area contributed by atoms with Crippen molar-refractivity contribution >= 4 is 55.7 Å². The molecule has 0 saturated carbocycles. The van der Waals surface area contributed by atoms with E-state index in [2.05, 4.69) is 4.72 Å². The van der Waals surface area contributed by atoms with Crippen molar-refractivity contribution in [3.8, 4) is 0 Å². The summed E-state index contributed by atoms with van der Waals surface area (Å²) in [5.74, 6) is 0.587. The molecule has 0 amide bonds. The average molecular weight is 474 g/mol. The van der Waals surface area contributed by atoms with Crippen LogP contribution in [0.25, 0.3) is 11.0 Å². The fourth-order valence-corrected chi connectivity index (χ4v) is 5.18. The Bertz CT molecular complexity index is 1330. The quantitative estimate of drug-likeness (QED) is 0.254. The number of nitrogens with zero attached hydrogens (tertiary/aromatic N) is 1. The average Bonchev–Trinajstić information content (AvgIpc) is 3.19. The molecule has 31 heavy (non-hydrogen) atoms. The van der Waals surface area contributed by atoms with Crippen molar-refractivity contribution in [3.63, 3.8) is 0 Å². The van der Waals surface area contributed by atoms with Gasteiger partial charge in [0.1, 0.15) is 5.58 Å². The number of nitroso groups, excluding NO2 is 1. The standard InChI is InChI=1S/C22H18ClN2O4S2/c1-25(26)18-9-6-15(7-10-18)14-30-21-11-8-17(23)13-19(21)24-31(27,28)22-12-16-4-2-3-5-20(16)29-22/h2-13,24H,14H2,1H3/q+1. The number of anilines is 1. The highest BCUT2D eigenvalue weighted by atomic mass is 35.5. The molecule has 0 unspecified atom stereocenters. The number of nitrogens with one attached hydrogen (secondary N) is 1.